The second-order valence-corrected chi connectivity index (χ2v) is 8.24. The van der Waals surface area contributed by atoms with E-state index >= 15 is 0 Å². The summed E-state index contributed by atoms with van der Waals surface area (Å²) in [5.74, 6) is -0.612. The van der Waals surface area contributed by atoms with Crippen molar-refractivity contribution in [1.29, 1.82) is 0 Å². The van der Waals surface area contributed by atoms with Gasteiger partial charge in [-0.05, 0) is 30.7 Å². The number of hydrazine groups is 1. The minimum atomic E-state index is -0.316. The van der Waals surface area contributed by atoms with Crippen LogP contribution in [0.5, 0.6) is 0 Å². The van der Waals surface area contributed by atoms with E-state index in [9.17, 15) is 9.59 Å². The highest BCUT2D eigenvalue weighted by molar-refractivity contribution is 5.95. The van der Waals surface area contributed by atoms with E-state index in [0.717, 1.165) is 12.2 Å². The number of nitrogens with one attached hydrogen (secondary N) is 3. The Labute approximate surface area is 183 Å². The zero-order valence-electron chi connectivity index (χ0n) is 19.2. The van der Waals surface area contributed by atoms with Crippen LogP contribution in [0, 0.1) is 0 Å². The molecule has 170 valence electrons. The predicted octanol–water partition coefficient (Wildman–Crippen LogP) is 6.36. The van der Waals surface area contributed by atoms with E-state index in [2.05, 4.69) is 23.1 Å². The summed E-state index contributed by atoms with van der Waals surface area (Å²) in [5, 5.41) is 3.40. The maximum Gasteiger partial charge on any atom is 0.269 e. The van der Waals surface area contributed by atoms with Crippen molar-refractivity contribution in [1.82, 2.24) is 10.9 Å². The molecule has 0 bridgehead atoms. The van der Waals surface area contributed by atoms with Gasteiger partial charge in [-0.3, -0.25) is 20.4 Å². The third kappa shape index (κ3) is 14.0. The Kier molecular flexibility index (Phi) is 15.4. The molecule has 0 heterocycles. The average Bonchev–Trinajstić information content (AvgIpc) is 2.75. The molecule has 2 amide bonds. The van der Waals surface area contributed by atoms with Gasteiger partial charge in [0.2, 0.25) is 5.91 Å². The third-order valence-corrected chi connectivity index (χ3v) is 5.36. The molecule has 0 radical (unpaired) electrons. The van der Waals surface area contributed by atoms with Gasteiger partial charge in [-0.1, -0.05) is 90.4 Å². The van der Waals surface area contributed by atoms with E-state index in [4.69, 9.17) is 0 Å². The van der Waals surface area contributed by atoms with Gasteiger partial charge in [-0.15, -0.1) is 0 Å². The Morgan fingerprint density at radius 2 is 1.13 bits per heavy atom. The monoisotopic (exact) mass is 417 g/mol. The lowest BCUT2D eigenvalue weighted by atomic mass is 10.0. The first-order chi connectivity index (χ1) is 14.6. The summed E-state index contributed by atoms with van der Waals surface area (Å²) in [4.78, 5) is 22.6. The lowest BCUT2D eigenvalue weighted by molar-refractivity contribution is -0.119. The molecule has 30 heavy (non-hydrogen) atoms. The SMILES string of the molecule is CCCCCCCCCCCCCCCCNc1ccc(C(=O)NNC(C)=O)cc1. The number of unbranched alkanes of at least 4 members (excludes halogenated alkanes) is 13. The Hall–Kier alpha value is -2.04. The lowest BCUT2D eigenvalue weighted by Gasteiger charge is -2.08. The molecule has 3 N–H and O–H groups in total. The van der Waals surface area contributed by atoms with Gasteiger partial charge in [0.25, 0.3) is 5.91 Å². The minimum absolute atomic E-state index is 0.296. The second kappa shape index (κ2) is 17.8. The topological polar surface area (TPSA) is 70.2 Å². The second-order valence-electron chi connectivity index (χ2n) is 8.24. The van der Waals surface area contributed by atoms with Gasteiger partial charge >= 0.3 is 0 Å². The van der Waals surface area contributed by atoms with Crippen LogP contribution < -0.4 is 16.2 Å². The molecule has 0 saturated carbocycles. The molecule has 0 aliphatic carbocycles. The van der Waals surface area contributed by atoms with Crippen molar-refractivity contribution in [3.05, 3.63) is 29.8 Å². The summed E-state index contributed by atoms with van der Waals surface area (Å²) < 4.78 is 0. The number of hydrogen-bond donors (Lipinski definition) is 3. The molecule has 0 fully saturated rings. The highest BCUT2D eigenvalue weighted by atomic mass is 16.2. The molecule has 0 unspecified atom stereocenters. The van der Waals surface area contributed by atoms with Crippen LogP contribution in [0.25, 0.3) is 0 Å². The summed E-state index contributed by atoms with van der Waals surface area (Å²) in [7, 11) is 0. The quantitative estimate of drug-likeness (QED) is 0.204. The summed E-state index contributed by atoms with van der Waals surface area (Å²) in [6.45, 7) is 4.58. The van der Waals surface area contributed by atoms with Gasteiger partial charge in [0, 0.05) is 24.7 Å². The van der Waals surface area contributed by atoms with Gasteiger partial charge in [0.1, 0.15) is 0 Å². The molecule has 1 rings (SSSR count). The van der Waals surface area contributed by atoms with Gasteiger partial charge in [-0.2, -0.15) is 0 Å². The van der Waals surface area contributed by atoms with Crippen molar-refractivity contribution in [2.45, 2.75) is 104 Å². The average molecular weight is 418 g/mol. The zero-order chi connectivity index (χ0) is 21.9. The molecular weight excluding hydrogens is 374 g/mol. The molecule has 0 spiro atoms. The molecule has 0 aliphatic rings. The van der Waals surface area contributed by atoms with E-state index in [1.54, 1.807) is 12.1 Å². The molecule has 0 aliphatic heterocycles. The van der Waals surface area contributed by atoms with Crippen LogP contribution in [0.3, 0.4) is 0 Å². The molecule has 1 aromatic carbocycles. The molecule has 5 heteroatoms. The number of amides is 2. The third-order valence-electron chi connectivity index (χ3n) is 5.36. The van der Waals surface area contributed by atoms with Crippen LogP contribution in [0.2, 0.25) is 0 Å². The fourth-order valence-corrected chi connectivity index (χ4v) is 3.51. The minimum Gasteiger partial charge on any atom is -0.385 e. The normalized spacial score (nSPS) is 10.6. The summed E-state index contributed by atoms with van der Waals surface area (Å²) >= 11 is 0. The Morgan fingerprint density at radius 1 is 0.667 bits per heavy atom. The van der Waals surface area contributed by atoms with Gasteiger partial charge < -0.3 is 5.32 Å². The fraction of sp³-hybridized carbons (Fsp3) is 0.680. The molecule has 0 aromatic heterocycles. The van der Waals surface area contributed by atoms with Gasteiger partial charge in [-0.25, -0.2) is 0 Å². The van der Waals surface area contributed by atoms with E-state index in [0.29, 0.717) is 5.56 Å². The largest absolute Gasteiger partial charge is 0.385 e. The van der Waals surface area contributed by atoms with Crippen molar-refractivity contribution in [3.8, 4) is 0 Å². The Balaban J connectivity index is 1.93. The van der Waals surface area contributed by atoms with Crippen molar-refractivity contribution in [3.63, 3.8) is 0 Å². The van der Waals surface area contributed by atoms with E-state index in [-0.39, 0.29) is 11.8 Å². The van der Waals surface area contributed by atoms with Crippen molar-refractivity contribution in [2.75, 3.05) is 11.9 Å². The highest BCUT2D eigenvalue weighted by Crippen LogP contribution is 2.13. The zero-order valence-corrected chi connectivity index (χ0v) is 19.2. The number of benzene rings is 1. The van der Waals surface area contributed by atoms with Gasteiger partial charge in [0.05, 0.1) is 0 Å². The van der Waals surface area contributed by atoms with Crippen molar-refractivity contribution in [2.24, 2.45) is 0 Å². The van der Waals surface area contributed by atoms with E-state index < -0.39 is 0 Å². The highest BCUT2D eigenvalue weighted by Gasteiger charge is 2.05. The number of hydrogen-bond acceptors (Lipinski definition) is 3. The summed E-state index contributed by atoms with van der Waals surface area (Å²) in [6, 6.07) is 7.30. The Morgan fingerprint density at radius 3 is 1.60 bits per heavy atom. The summed E-state index contributed by atoms with van der Waals surface area (Å²) in [6.07, 6.45) is 19.2. The number of carbonyl (C=O) groups excluding carboxylic acids is 2. The smallest absolute Gasteiger partial charge is 0.269 e. The van der Waals surface area contributed by atoms with Crippen molar-refractivity contribution < 1.29 is 9.59 Å². The maximum atomic E-state index is 11.8. The first-order valence-electron chi connectivity index (χ1n) is 12.0. The molecule has 5 nitrogen and oxygen atoms in total. The number of carbonyl (C=O) groups is 2. The van der Waals surface area contributed by atoms with Crippen molar-refractivity contribution >= 4 is 17.5 Å². The van der Waals surface area contributed by atoms with Crippen LogP contribution in [-0.2, 0) is 4.79 Å². The van der Waals surface area contributed by atoms with Crippen LogP contribution in [0.4, 0.5) is 5.69 Å². The number of rotatable bonds is 17. The lowest BCUT2D eigenvalue weighted by Crippen LogP contribution is -2.40. The molecule has 1 aromatic rings. The van der Waals surface area contributed by atoms with Crippen LogP contribution in [0.15, 0.2) is 24.3 Å². The molecular formula is C25H43N3O2. The van der Waals surface area contributed by atoms with E-state index in [1.807, 2.05) is 12.1 Å². The van der Waals surface area contributed by atoms with Crippen LogP contribution in [0.1, 0.15) is 114 Å². The van der Waals surface area contributed by atoms with Crippen LogP contribution >= 0.6 is 0 Å². The predicted molar refractivity (Wildman–Crippen MR) is 127 cm³/mol. The summed E-state index contributed by atoms with van der Waals surface area (Å²) in [5.41, 5.74) is 6.18. The van der Waals surface area contributed by atoms with Gasteiger partial charge in [0.15, 0.2) is 0 Å². The Bertz CT molecular complexity index is 572. The fourth-order valence-electron chi connectivity index (χ4n) is 3.51. The first-order valence-corrected chi connectivity index (χ1v) is 12.0. The van der Waals surface area contributed by atoms with Crippen LogP contribution in [-0.4, -0.2) is 18.4 Å². The molecule has 0 atom stereocenters. The standard InChI is InChI=1S/C25H43N3O2/c1-3-4-5-6-7-8-9-10-11-12-13-14-15-16-21-26-24-19-17-23(18-20-24)25(30)28-27-22(2)29/h17-20,26H,3-16,21H2,1-2H3,(H,27,29)(H,28,30). The van der Waals surface area contributed by atoms with E-state index in [1.165, 1.54) is 96.8 Å². The molecule has 0 saturated heterocycles. The first kappa shape index (κ1) is 26.0. The maximum absolute atomic E-state index is 11.8. The number of anilines is 1.